The number of hydrogen-bond donors (Lipinski definition) is 0. The van der Waals surface area contributed by atoms with E-state index < -0.39 is 18.7 Å². The number of hydrogen-bond acceptors (Lipinski definition) is 2. The Hall–Kier alpha value is -1.33. The standard InChI is InChI=1S/C10H10F4N2/c11-9-5-8(3-4-15-9)16(7-1-2-7)6-10(12,13)14/h3-5,7H,1-2,6H2. The van der Waals surface area contributed by atoms with Gasteiger partial charge in [-0.05, 0) is 18.9 Å². The number of halogens is 4. The summed E-state index contributed by atoms with van der Waals surface area (Å²) in [7, 11) is 0. The molecule has 1 fully saturated rings. The summed E-state index contributed by atoms with van der Waals surface area (Å²) in [5.74, 6) is -0.759. The van der Waals surface area contributed by atoms with Crippen molar-refractivity contribution < 1.29 is 17.6 Å². The van der Waals surface area contributed by atoms with Gasteiger partial charge in [0.15, 0.2) is 0 Å². The molecule has 0 aromatic carbocycles. The first-order valence-corrected chi connectivity index (χ1v) is 4.91. The van der Waals surface area contributed by atoms with Crippen molar-refractivity contribution in [2.45, 2.75) is 25.1 Å². The van der Waals surface area contributed by atoms with E-state index in [-0.39, 0.29) is 11.7 Å². The number of aromatic nitrogens is 1. The zero-order chi connectivity index (χ0) is 11.8. The van der Waals surface area contributed by atoms with Gasteiger partial charge in [-0.1, -0.05) is 0 Å². The molecule has 0 saturated heterocycles. The first-order valence-electron chi connectivity index (χ1n) is 4.91. The molecule has 1 aliphatic rings. The largest absolute Gasteiger partial charge is 0.405 e. The lowest BCUT2D eigenvalue weighted by atomic mass is 10.3. The second-order valence-corrected chi connectivity index (χ2v) is 3.81. The molecule has 1 saturated carbocycles. The van der Waals surface area contributed by atoms with E-state index in [9.17, 15) is 17.6 Å². The van der Waals surface area contributed by atoms with Crippen molar-refractivity contribution in [3.05, 3.63) is 24.3 Å². The Balaban J connectivity index is 2.19. The fourth-order valence-corrected chi connectivity index (χ4v) is 1.58. The first-order chi connectivity index (χ1) is 7.46. The molecule has 0 bridgehead atoms. The van der Waals surface area contributed by atoms with Crippen molar-refractivity contribution in [3.8, 4) is 0 Å². The normalized spacial score (nSPS) is 16.2. The molecule has 0 radical (unpaired) electrons. The van der Waals surface area contributed by atoms with Gasteiger partial charge in [-0.3, -0.25) is 0 Å². The van der Waals surface area contributed by atoms with E-state index in [0.717, 1.165) is 18.9 Å². The fraction of sp³-hybridized carbons (Fsp3) is 0.500. The molecule has 2 nitrogen and oxygen atoms in total. The monoisotopic (exact) mass is 234 g/mol. The highest BCUT2D eigenvalue weighted by molar-refractivity contribution is 5.47. The van der Waals surface area contributed by atoms with Crippen molar-refractivity contribution in [2.24, 2.45) is 0 Å². The van der Waals surface area contributed by atoms with E-state index in [1.165, 1.54) is 17.2 Å². The number of alkyl halides is 3. The molecule has 0 amide bonds. The fourth-order valence-electron chi connectivity index (χ4n) is 1.58. The molecule has 0 N–H and O–H groups in total. The topological polar surface area (TPSA) is 16.1 Å². The molecule has 0 atom stereocenters. The third-order valence-corrected chi connectivity index (χ3v) is 2.38. The smallest absolute Gasteiger partial charge is 0.359 e. The Labute approximate surface area is 89.9 Å². The van der Waals surface area contributed by atoms with Gasteiger partial charge in [0.25, 0.3) is 0 Å². The van der Waals surface area contributed by atoms with Gasteiger partial charge < -0.3 is 4.90 Å². The predicted octanol–water partition coefficient (Wildman–Crippen LogP) is 2.75. The summed E-state index contributed by atoms with van der Waals surface area (Å²) in [6.45, 7) is -1.04. The Morgan fingerprint density at radius 1 is 1.38 bits per heavy atom. The summed E-state index contributed by atoms with van der Waals surface area (Å²) < 4.78 is 49.8. The molecule has 1 aliphatic carbocycles. The summed E-state index contributed by atoms with van der Waals surface area (Å²) in [6, 6.07) is 2.31. The summed E-state index contributed by atoms with van der Waals surface area (Å²) in [5, 5.41) is 0. The van der Waals surface area contributed by atoms with Gasteiger partial charge in [-0.2, -0.15) is 17.6 Å². The third-order valence-electron chi connectivity index (χ3n) is 2.38. The van der Waals surface area contributed by atoms with Crippen LogP contribution in [0.2, 0.25) is 0 Å². The van der Waals surface area contributed by atoms with E-state index in [1.807, 2.05) is 0 Å². The maximum absolute atomic E-state index is 12.8. The third kappa shape index (κ3) is 2.84. The van der Waals surface area contributed by atoms with Crippen LogP contribution in [0, 0.1) is 5.95 Å². The minimum Gasteiger partial charge on any atom is -0.359 e. The van der Waals surface area contributed by atoms with Gasteiger partial charge in [0.1, 0.15) is 6.54 Å². The van der Waals surface area contributed by atoms with Crippen molar-refractivity contribution in [2.75, 3.05) is 11.4 Å². The lowest BCUT2D eigenvalue weighted by Gasteiger charge is -2.25. The van der Waals surface area contributed by atoms with Crippen LogP contribution in [0.5, 0.6) is 0 Å². The van der Waals surface area contributed by atoms with Crippen LogP contribution < -0.4 is 4.90 Å². The Morgan fingerprint density at radius 3 is 2.56 bits per heavy atom. The van der Waals surface area contributed by atoms with Gasteiger partial charge in [-0.15, -0.1) is 0 Å². The summed E-state index contributed by atoms with van der Waals surface area (Å²) in [6.07, 6.45) is -1.65. The molecule has 0 unspecified atom stereocenters. The second-order valence-electron chi connectivity index (χ2n) is 3.81. The minimum absolute atomic E-state index is 0.122. The molecule has 16 heavy (non-hydrogen) atoms. The summed E-state index contributed by atoms with van der Waals surface area (Å²) in [4.78, 5) is 4.51. The molecule has 0 spiro atoms. The lowest BCUT2D eigenvalue weighted by Crippen LogP contribution is -2.36. The van der Waals surface area contributed by atoms with E-state index >= 15 is 0 Å². The maximum Gasteiger partial charge on any atom is 0.405 e. The molecule has 6 heteroatoms. The minimum atomic E-state index is -4.28. The molecular weight excluding hydrogens is 224 g/mol. The van der Waals surface area contributed by atoms with Gasteiger partial charge in [0.2, 0.25) is 5.95 Å². The van der Waals surface area contributed by atoms with E-state index in [0.29, 0.717) is 0 Å². The van der Waals surface area contributed by atoms with Crippen LogP contribution in [-0.4, -0.2) is 23.7 Å². The Morgan fingerprint density at radius 2 is 2.06 bits per heavy atom. The maximum atomic E-state index is 12.8. The van der Waals surface area contributed by atoms with Crippen LogP contribution in [0.3, 0.4) is 0 Å². The van der Waals surface area contributed by atoms with Crippen molar-refractivity contribution in [3.63, 3.8) is 0 Å². The number of pyridine rings is 1. The number of rotatable bonds is 3. The second kappa shape index (κ2) is 3.92. The molecule has 2 rings (SSSR count). The molecule has 1 heterocycles. The number of nitrogens with zero attached hydrogens (tertiary/aromatic N) is 2. The van der Waals surface area contributed by atoms with Crippen LogP contribution in [0.25, 0.3) is 0 Å². The van der Waals surface area contributed by atoms with Gasteiger partial charge in [-0.25, -0.2) is 4.98 Å². The summed E-state index contributed by atoms with van der Waals surface area (Å²) in [5.41, 5.74) is 0.243. The van der Waals surface area contributed by atoms with Crippen molar-refractivity contribution >= 4 is 5.69 Å². The molecule has 88 valence electrons. The molecular formula is C10H10F4N2. The van der Waals surface area contributed by atoms with Gasteiger partial charge in [0, 0.05) is 24.0 Å². The average Bonchev–Trinajstić information content (AvgIpc) is 2.96. The Bertz CT molecular complexity index is 373. The van der Waals surface area contributed by atoms with Crippen molar-refractivity contribution in [1.82, 2.24) is 4.98 Å². The van der Waals surface area contributed by atoms with Crippen LogP contribution in [0.15, 0.2) is 18.3 Å². The van der Waals surface area contributed by atoms with Crippen molar-refractivity contribution in [1.29, 1.82) is 0 Å². The van der Waals surface area contributed by atoms with Crippen LogP contribution in [0.1, 0.15) is 12.8 Å². The highest BCUT2D eigenvalue weighted by Crippen LogP contribution is 2.34. The Kier molecular flexibility index (Phi) is 2.73. The molecule has 1 aromatic rings. The zero-order valence-electron chi connectivity index (χ0n) is 8.34. The number of anilines is 1. The SMILES string of the molecule is Fc1cc(N(CC(F)(F)F)C2CC2)ccn1. The highest BCUT2D eigenvalue weighted by atomic mass is 19.4. The van der Waals surface area contributed by atoms with Crippen LogP contribution in [-0.2, 0) is 0 Å². The summed E-state index contributed by atoms with van der Waals surface area (Å²) >= 11 is 0. The van der Waals surface area contributed by atoms with Crippen LogP contribution >= 0.6 is 0 Å². The van der Waals surface area contributed by atoms with E-state index in [2.05, 4.69) is 4.98 Å². The highest BCUT2D eigenvalue weighted by Gasteiger charge is 2.38. The van der Waals surface area contributed by atoms with Crippen LogP contribution in [0.4, 0.5) is 23.2 Å². The zero-order valence-corrected chi connectivity index (χ0v) is 8.34. The quantitative estimate of drug-likeness (QED) is 0.590. The van der Waals surface area contributed by atoms with Gasteiger partial charge in [0.05, 0.1) is 0 Å². The molecule has 1 aromatic heterocycles. The van der Waals surface area contributed by atoms with Gasteiger partial charge >= 0.3 is 6.18 Å². The van der Waals surface area contributed by atoms with E-state index in [1.54, 1.807) is 0 Å². The predicted molar refractivity (Wildman–Crippen MR) is 50.6 cm³/mol. The lowest BCUT2D eigenvalue weighted by molar-refractivity contribution is -0.120. The first kappa shape index (κ1) is 11.2. The average molecular weight is 234 g/mol. The van der Waals surface area contributed by atoms with E-state index in [4.69, 9.17) is 0 Å². The molecule has 0 aliphatic heterocycles.